The second-order valence-corrected chi connectivity index (χ2v) is 11.4. The van der Waals surface area contributed by atoms with Crippen LogP contribution in [0.2, 0.25) is 0 Å². The van der Waals surface area contributed by atoms with Crippen molar-refractivity contribution >= 4 is 34.2 Å². The fourth-order valence-corrected chi connectivity index (χ4v) is 5.61. The van der Waals surface area contributed by atoms with E-state index in [0.29, 0.717) is 46.0 Å². The Kier molecular flexibility index (Phi) is 7.78. The molecule has 1 N–H and O–H groups in total. The molecule has 7 nitrogen and oxygen atoms in total. The average Bonchev–Trinajstić information content (AvgIpc) is 3.62. The van der Waals surface area contributed by atoms with Crippen LogP contribution in [0.25, 0.3) is 33.4 Å². The molecular weight excluding hydrogens is 534 g/mol. The zero-order valence-electron chi connectivity index (χ0n) is 24.1. The van der Waals surface area contributed by atoms with Crippen LogP contribution in [0.5, 0.6) is 5.75 Å². The first-order valence-corrected chi connectivity index (χ1v) is 14.4. The van der Waals surface area contributed by atoms with E-state index < -0.39 is 5.41 Å². The predicted octanol–water partition coefficient (Wildman–Crippen LogP) is 7.54. The molecule has 210 valence electrons. The molecule has 0 aliphatic heterocycles. The summed E-state index contributed by atoms with van der Waals surface area (Å²) in [6.45, 7) is 10.3. The minimum Gasteiger partial charge on any atom is -0.493 e. The summed E-state index contributed by atoms with van der Waals surface area (Å²) >= 11 is 1.28. The minimum absolute atomic E-state index is 0.0132. The molecule has 0 spiro atoms. The molecular formula is C33H33N3O4S. The van der Waals surface area contributed by atoms with Gasteiger partial charge in [0.25, 0.3) is 5.91 Å². The van der Waals surface area contributed by atoms with Crippen molar-refractivity contribution in [2.24, 2.45) is 0 Å². The van der Waals surface area contributed by atoms with Crippen LogP contribution in [-0.4, -0.2) is 34.7 Å². The average molecular weight is 568 g/mol. The number of nitrogens with zero attached hydrogens (tertiary/aromatic N) is 2. The Morgan fingerprint density at radius 1 is 1.02 bits per heavy atom. The van der Waals surface area contributed by atoms with Crippen LogP contribution in [0.1, 0.15) is 64.9 Å². The zero-order valence-corrected chi connectivity index (χ0v) is 24.9. The van der Waals surface area contributed by atoms with E-state index in [1.54, 1.807) is 12.6 Å². The predicted molar refractivity (Wildman–Crippen MR) is 163 cm³/mol. The van der Waals surface area contributed by atoms with E-state index in [4.69, 9.17) is 9.15 Å². The van der Waals surface area contributed by atoms with E-state index in [1.807, 2.05) is 89.2 Å². The lowest BCUT2D eigenvalue weighted by Gasteiger charge is -2.21. The van der Waals surface area contributed by atoms with Gasteiger partial charge in [0.1, 0.15) is 28.4 Å². The summed E-state index contributed by atoms with van der Waals surface area (Å²) in [6.07, 6.45) is 0.272. The van der Waals surface area contributed by atoms with Crippen molar-refractivity contribution < 1.29 is 18.7 Å². The maximum atomic E-state index is 13.6. The highest BCUT2D eigenvalue weighted by Crippen LogP contribution is 2.41. The van der Waals surface area contributed by atoms with Gasteiger partial charge in [-0.05, 0) is 55.6 Å². The van der Waals surface area contributed by atoms with E-state index in [0.717, 1.165) is 27.8 Å². The number of hydrogen-bond donors (Lipinski definition) is 1. The van der Waals surface area contributed by atoms with Crippen LogP contribution in [0, 0.1) is 13.8 Å². The molecule has 0 saturated heterocycles. The number of ether oxygens (including phenoxy) is 1. The number of benzene rings is 3. The van der Waals surface area contributed by atoms with E-state index in [1.165, 1.54) is 11.5 Å². The van der Waals surface area contributed by atoms with Crippen LogP contribution in [-0.2, 0) is 5.41 Å². The smallest absolute Gasteiger partial charge is 0.255 e. The van der Waals surface area contributed by atoms with Crippen LogP contribution in [0.15, 0.2) is 64.5 Å². The SMILES string of the molecule is CCOc1cc2oc(-c3ccc(C)cc3)c(C(=O)NC)c2cc1-c1ccc(C)c(C(=O)CC(C)(C)c2ncsn2)c1. The van der Waals surface area contributed by atoms with E-state index >= 15 is 0 Å². The van der Waals surface area contributed by atoms with Gasteiger partial charge in [-0.25, -0.2) is 4.98 Å². The molecule has 8 heteroatoms. The van der Waals surface area contributed by atoms with Crippen molar-refractivity contribution in [3.05, 3.63) is 88.2 Å². The third-order valence-electron chi connectivity index (χ3n) is 7.28. The lowest BCUT2D eigenvalue weighted by atomic mass is 9.83. The van der Waals surface area contributed by atoms with Gasteiger partial charge in [0.2, 0.25) is 0 Å². The van der Waals surface area contributed by atoms with Crippen molar-refractivity contribution in [2.45, 2.75) is 46.5 Å². The third-order valence-corrected chi connectivity index (χ3v) is 7.75. The number of nitrogens with one attached hydrogen (secondary N) is 1. The molecule has 0 aliphatic rings. The van der Waals surface area contributed by atoms with Crippen molar-refractivity contribution in [3.63, 3.8) is 0 Å². The molecule has 0 fully saturated rings. The molecule has 0 radical (unpaired) electrons. The van der Waals surface area contributed by atoms with Gasteiger partial charge in [0, 0.05) is 47.0 Å². The van der Waals surface area contributed by atoms with Crippen molar-refractivity contribution in [2.75, 3.05) is 13.7 Å². The second-order valence-electron chi connectivity index (χ2n) is 10.8. The number of hydrogen-bond acceptors (Lipinski definition) is 7. The molecule has 2 aromatic heterocycles. The summed E-state index contributed by atoms with van der Waals surface area (Å²) in [7, 11) is 1.61. The largest absolute Gasteiger partial charge is 0.493 e. The number of furan rings is 1. The maximum absolute atomic E-state index is 13.6. The van der Waals surface area contributed by atoms with Gasteiger partial charge in [-0.15, -0.1) is 0 Å². The summed E-state index contributed by atoms with van der Waals surface area (Å²) in [6, 6.07) is 17.5. The topological polar surface area (TPSA) is 94.3 Å². The number of carbonyl (C=O) groups is 2. The van der Waals surface area contributed by atoms with Crippen LogP contribution < -0.4 is 10.1 Å². The molecule has 0 unspecified atom stereocenters. The number of fused-ring (bicyclic) bond motifs is 1. The Morgan fingerprint density at radius 3 is 2.41 bits per heavy atom. The fourth-order valence-electron chi connectivity index (χ4n) is 5.02. The highest BCUT2D eigenvalue weighted by atomic mass is 32.1. The quantitative estimate of drug-likeness (QED) is 0.185. The molecule has 0 bridgehead atoms. The summed E-state index contributed by atoms with van der Waals surface area (Å²) in [5, 5.41) is 3.43. The number of ketones is 1. The summed E-state index contributed by atoms with van der Waals surface area (Å²) in [4.78, 5) is 31.1. The zero-order chi connectivity index (χ0) is 29.3. The normalized spacial score (nSPS) is 11.6. The minimum atomic E-state index is -0.499. The molecule has 0 saturated carbocycles. The van der Waals surface area contributed by atoms with Crippen molar-refractivity contribution in [1.29, 1.82) is 0 Å². The first-order valence-electron chi connectivity index (χ1n) is 13.6. The molecule has 1 amide bonds. The van der Waals surface area contributed by atoms with Crippen LogP contribution >= 0.6 is 11.5 Å². The molecule has 0 aliphatic carbocycles. The first kappa shape index (κ1) is 28.2. The van der Waals surface area contributed by atoms with E-state index in [-0.39, 0.29) is 18.1 Å². The third kappa shape index (κ3) is 5.52. The van der Waals surface area contributed by atoms with E-state index in [9.17, 15) is 9.59 Å². The van der Waals surface area contributed by atoms with Gasteiger partial charge in [0.05, 0.1) is 12.2 Å². The molecule has 5 rings (SSSR count). The van der Waals surface area contributed by atoms with Gasteiger partial charge in [-0.2, -0.15) is 4.37 Å². The molecule has 41 heavy (non-hydrogen) atoms. The lowest BCUT2D eigenvalue weighted by molar-refractivity contribution is 0.0950. The fraction of sp³-hybridized carbons (Fsp3) is 0.273. The second kappa shape index (κ2) is 11.3. The van der Waals surface area contributed by atoms with Gasteiger partial charge < -0.3 is 14.5 Å². The Morgan fingerprint density at radius 2 is 1.76 bits per heavy atom. The highest BCUT2D eigenvalue weighted by molar-refractivity contribution is 7.03. The highest BCUT2D eigenvalue weighted by Gasteiger charge is 2.29. The number of rotatable bonds is 9. The number of amides is 1. The summed E-state index contributed by atoms with van der Waals surface area (Å²) < 4.78 is 16.7. The molecule has 0 atom stereocenters. The standard InChI is InChI=1S/C33H33N3O4S/c1-7-39-27-16-28-25(29(31(38)34-6)30(40-28)21-11-8-19(2)9-12-21)15-24(27)22-13-10-20(3)23(14-22)26(37)17-33(4,5)32-35-18-41-36-32/h8-16,18H,7,17H2,1-6H3,(H,34,38). The Hall–Kier alpha value is -4.30. The number of aryl methyl sites for hydroxylation is 2. The summed E-state index contributed by atoms with van der Waals surface area (Å²) in [5.74, 6) is 1.55. The van der Waals surface area contributed by atoms with Crippen LogP contribution in [0.4, 0.5) is 0 Å². The van der Waals surface area contributed by atoms with Gasteiger partial charge in [-0.1, -0.05) is 55.8 Å². The Balaban J connectivity index is 1.64. The van der Waals surface area contributed by atoms with Crippen LogP contribution in [0.3, 0.4) is 0 Å². The number of Topliss-reactive ketones (excluding diaryl/α,β-unsaturated/α-hetero) is 1. The monoisotopic (exact) mass is 567 g/mol. The van der Waals surface area contributed by atoms with Crippen molar-refractivity contribution in [1.82, 2.24) is 14.7 Å². The molecule has 2 heterocycles. The van der Waals surface area contributed by atoms with Gasteiger partial charge >= 0.3 is 0 Å². The Labute approximate surface area is 243 Å². The molecule has 3 aromatic carbocycles. The summed E-state index contributed by atoms with van der Waals surface area (Å²) in [5.41, 5.74) is 7.22. The van der Waals surface area contributed by atoms with E-state index in [2.05, 4.69) is 14.7 Å². The first-order chi connectivity index (χ1) is 19.6. The number of aromatic nitrogens is 2. The van der Waals surface area contributed by atoms with Crippen molar-refractivity contribution in [3.8, 4) is 28.2 Å². The Bertz CT molecular complexity index is 1730. The van der Waals surface area contributed by atoms with Gasteiger partial charge in [-0.3, -0.25) is 9.59 Å². The van der Waals surface area contributed by atoms with Gasteiger partial charge in [0.15, 0.2) is 5.78 Å². The number of carbonyl (C=O) groups excluding carboxylic acids is 2. The molecule has 5 aromatic rings. The maximum Gasteiger partial charge on any atom is 0.255 e. The lowest BCUT2D eigenvalue weighted by Crippen LogP contribution is -2.23.